The van der Waals surface area contributed by atoms with Crippen molar-refractivity contribution in [2.24, 2.45) is 11.1 Å². The van der Waals surface area contributed by atoms with Crippen molar-refractivity contribution in [3.8, 4) is 11.1 Å². The molecule has 0 bridgehead atoms. The topological polar surface area (TPSA) is 108 Å². The van der Waals surface area contributed by atoms with Gasteiger partial charge in [-0.25, -0.2) is 9.59 Å². The van der Waals surface area contributed by atoms with Gasteiger partial charge in [0, 0.05) is 20.0 Å². The SMILES string of the molecule is COC(=O)[C@@H]1C[C@@](OC)(c2ccc(-c3ccccc3CCCCCCCOC(N)=O)cc2)CN1C(=O)CC(C)(C)C. The number of carbonyl (C=O) groups excluding carboxylic acids is 3. The van der Waals surface area contributed by atoms with Gasteiger partial charge in [-0.3, -0.25) is 4.79 Å². The first-order valence-electron chi connectivity index (χ1n) is 14.5. The summed E-state index contributed by atoms with van der Waals surface area (Å²) in [5, 5.41) is 0. The molecule has 8 nitrogen and oxygen atoms in total. The van der Waals surface area contributed by atoms with E-state index >= 15 is 0 Å². The number of hydrogen-bond acceptors (Lipinski definition) is 6. The molecule has 2 aromatic carbocycles. The molecule has 0 saturated carbocycles. The van der Waals surface area contributed by atoms with Crippen LogP contribution in [0.25, 0.3) is 11.1 Å². The van der Waals surface area contributed by atoms with Crippen molar-refractivity contribution in [1.82, 2.24) is 4.90 Å². The Morgan fingerprint density at radius 1 is 0.951 bits per heavy atom. The number of primary amides is 1. The molecule has 0 unspecified atom stereocenters. The lowest BCUT2D eigenvalue weighted by molar-refractivity contribution is -0.151. The van der Waals surface area contributed by atoms with Gasteiger partial charge < -0.3 is 24.8 Å². The Bertz CT molecular complexity index is 1170. The Hall–Kier alpha value is -3.39. The summed E-state index contributed by atoms with van der Waals surface area (Å²) in [6, 6.07) is 16.1. The second kappa shape index (κ2) is 14.5. The lowest BCUT2D eigenvalue weighted by Gasteiger charge is -2.29. The molecule has 0 radical (unpaired) electrons. The number of methoxy groups -OCH3 is 2. The average molecular weight is 567 g/mol. The van der Waals surface area contributed by atoms with Crippen molar-refractivity contribution in [2.45, 2.75) is 83.8 Å². The number of amides is 2. The highest BCUT2D eigenvalue weighted by atomic mass is 16.5. The highest BCUT2D eigenvalue weighted by molar-refractivity contribution is 5.86. The van der Waals surface area contributed by atoms with E-state index in [-0.39, 0.29) is 11.3 Å². The number of carbonyl (C=O) groups is 3. The Kier molecular flexibility index (Phi) is 11.4. The largest absolute Gasteiger partial charge is 0.467 e. The van der Waals surface area contributed by atoms with Gasteiger partial charge in [-0.2, -0.15) is 0 Å². The molecule has 2 N–H and O–H groups in total. The van der Waals surface area contributed by atoms with Gasteiger partial charge >= 0.3 is 12.1 Å². The minimum absolute atomic E-state index is 0.0728. The Morgan fingerprint density at radius 2 is 1.61 bits per heavy atom. The number of hydrogen-bond donors (Lipinski definition) is 1. The van der Waals surface area contributed by atoms with Gasteiger partial charge in [-0.05, 0) is 46.9 Å². The van der Waals surface area contributed by atoms with E-state index in [1.54, 1.807) is 12.0 Å². The summed E-state index contributed by atoms with van der Waals surface area (Å²) < 4.78 is 15.9. The second-order valence-corrected chi connectivity index (χ2v) is 12.1. The zero-order valence-corrected chi connectivity index (χ0v) is 25.2. The number of esters is 1. The smallest absolute Gasteiger partial charge is 0.404 e. The molecule has 0 aliphatic carbocycles. The minimum atomic E-state index is -0.799. The Labute approximate surface area is 244 Å². The first kappa shape index (κ1) is 32.1. The maximum Gasteiger partial charge on any atom is 0.404 e. The van der Waals surface area contributed by atoms with Crippen LogP contribution in [-0.2, 0) is 35.8 Å². The van der Waals surface area contributed by atoms with Crippen LogP contribution >= 0.6 is 0 Å². The predicted molar refractivity (Wildman–Crippen MR) is 159 cm³/mol. The van der Waals surface area contributed by atoms with Gasteiger partial charge in [0.15, 0.2) is 0 Å². The Morgan fingerprint density at radius 3 is 2.24 bits per heavy atom. The van der Waals surface area contributed by atoms with Crippen molar-refractivity contribution < 1.29 is 28.6 Å². The van der Waals surface area contributed by atoms with Crippen LogP contribution in [0, 0.1) is 5.41 Å². The fraction of sp³-hybridized carbons (Fsp3) is 0.545. The summed E-state index contributed by atoms with van der Waals surface area (Å²) >= 11 is 0. The molecule has 1 aliphatic heterocycles. The van der Waals surface area contributed by atoms with Crippen LogP contribution in [0.15, 0.2) is 48.5 Å². The first-order chi connectivity index (χ1) is 19.5. The second-order valence-electron chi connectivity index (χ2n) is 12.1. The van der Waals surface area contributed by atoms with E-state index in [4.69, 9.17) is 19.9 Å². The molecular weight excluding hydrogens is 520 g/mol. The number of ether oxygens (including phenoxy) is 3. The molecule has 224 valence electrons. The molecule has 0 spiro atoms. The summed E-state index contributed by atoms with van der Waals surface area (Å²) in [5.41, 5.74) is 8.53. The number of aryl methyl sites for hydroxylation is 1. The van der Waals surface area contributed by atoms with Crippen molar-refractivity contribution >= 4 is 18.0 Å². The van der Waals surface area contributed by atoms with Gasteiger partial charge in [0.05, 0.1) is 20.3 Å². The summed E-state index contributed by atoms with van der Waals surface area (Å²) in [5.74, 6) is -0.493. The lowest BCUT2D eigenvalue weighted by atomic mass is 9.88. The molecule has 41 heavy (non-hydrogen) atoms. The summed E-state index contributed by atoms with van der Waals surface area (Å²) in [6.45, 7) is 6.71. The van der Waals surface area contributed by atoms with Crippen LogP contribution in [0.3, 0.4) is 0 Å². The summed E-state index contributed by atoms with van der Waals surface area (Å²) in [7, 11) is 3.00. The molecule has 1 fully saturated rings. The van der Waals surface area contributed by atoms with Crippen LogP contribution in [0.5, 0.6) is 0 Å². The van der Waals surface area contributed by atoms with Crippen LogP contribution in [0.1, 0.15) is 76.8 Å². The third kappa shape index (κ3) is 8.80. The van der Waals surface area contributed by atoms with E-state index in [1.165, 1.54) is 18.2 Å². The number of nitrogens with two attached hydrogens (primary N) is 1. The van der Waals surface area contributed by atoms with Crippen LogP contribution < -0.4 is 5.73 Å². The third-order valence-electron chi connectivity index (χ3n) is 7.77. The van der Waals surface area contributed by atoms with Crippen molar-refractivity contribution in [3.05, 3.63) is 59.7 Å². The number of nitrogens with zero attached hydrogens (tertiary/aromatic N) is 1. The van der Waals surface area contributed by atoms with Gasteiger partial charge in [-0.1, -0.05) is 88.6 Å². The maximum absolute atomic E-state index is 13.2. The predicted octanol–water partition coefficient (Wildman–Crippen LogP) is 5.99. The highest BCUT2D eigenvalue weighted by Gasteiger charge is 2.51. The fourth-order valence-electron chi connectivity index (χ4n) is 5.61. The van der Waals surface area contributed by atoms with E-state index in [1.807, 2.05) is 20.8 Å². The van der Waals surface area contributed by atoms with Crippen molar-refractivity contribution in [2.75, 3.05) is 27.4 Å². The van der Waals surface area contributed by atoms with E-state index < -0.39 is 23.7 Å². The monoisotopic (exact) mass is 566 g/mol. The zero-order chi connectivity index (χ0) is 30.0. The number of benzene rings is 2. The van der Waals surface area contributed by atoms with Gasteiger partial charge in [0.1, 0.15) is 11.6 Å². The number of rotatable bonds is 13. The van der Waals surface area contributed by atoms with Crippen molar-refractivity contribution in [3.63, 3.8) is 0 Å². The van der Waals surface area contributed by atoms with Gasteiger partial charge in [0.25, 0.3) is 0 Å². The van der Waals surface area contributed by atoms with Gasteiger partial charge in [0.2, 0.25) is 5.91 Å². The molecular formula is C33H46N2O6. The number of unbranched alkanes of at least 4 members (excludes halogenated alkanes) is 4. The Balaban J connectivity index is 1.71. The molecule has 2 aromatic rings. The van der Waals surface area contributed by atoms with Gasteiger partial charge in [-0.15, -0.1) is 0 Å². The molecule has 0 aromatic heterocycles. The molecule has 3 rings (SSSR count). The standard InChI is InChI=1S/C33H46N2O6/c1-32(2,3)22-29(36)35-23-33(40-5,21-28(35)30(37)39-4)26-18-16-25(17-19-26)27-15-11-10-14-24(27)13-9-7-6-8-12-20-41-31(34)38/h10-11,14-19,28H,6-9,12-13,20-23H2,1-5H3,(H2,34,38)/t28-,33-/m0/s1. The fourth-order valence-corrected chi connectivity index (χ4v) is 5.61. The quantitative estimate of drug-likeness (QED) is 0.236. The van der Waals surface area contributed by atoms with E-state index in [2.05, 4.69) is 48.5 Å². The molecule has 2 atom stereocenters. The third-order valence-corrected chi connectivity index (χ3v) is 7.77. The van der Waals surface area contributed by atoms with E-state index in [9.17, 15) is 14.4 Å². The molecule has 1 aliphatic rings. The first-order valence-corrected chi connectivity index (χ1v) is 14.5. The molecule has 8 heteroatoms. The van der Waals surface area contributed by atoms with Crippen LogP contribution in [0.2, 0.25) is 0 Å². The highest BCUT2D eigenvalue weighted by Crippen LogP contribution is 2.41. The summed E-state index contributed by atoms with van der Waals surface area (Å²) in [6.07, 6.45) is 6.04. The summed E-state index contributed by atoms with van der Waals surface area (Å²) in [4.78, 5) is 38.2. The molecule has 2 amide bonds. The molecule has 1 saturated heterocycles. The zero-order valence-electron chi connectivity index (χ0n) is 25.2. The minimum Gasteiger partial charge on any atom is -0.467 e. The molecule has 1 heterocycles. The maximum atomic E-state index is 13.2. The number of likely N-dealkylation sites (tertiary alicyclic amines) is 1. The average Bonchev–Trinajstić information content (AvgIpc) is 3.35. The normalized spacial score (nSPS) is 18.8. The van der Waals surface area contributed by atoms with Crippen LogP contribution in [-0.4, -0.2) is 56.3 Å². The van der Waals surface area contributed by atoms with E-state index in [0.717, 1.165) is 49.7 Å². The lowest BCUT2D eigenvalue weighted by Crippen LogP contribution is -2.43. The van der Waals surface area contributed by atoms with E-state index in [0.29, 0.717) is 26.0 Å². The van der Waals surface area contributed by atoms with Crippen molar-refractivity contribution in [1.29, 1.82) is 0 Å². The van der Waals surface area contributed by atoms with Crippen LogP contribution in [0.4, 0.5) is 4.79 Å².